The van der Waals surface area contributed by atoms with Crippen molar-refractivity contribution in [1.29, 1.82) is 0 Å². The number of halogens is 2. The fourth-order valence-corrected chi connectivity index (χ4v) is 3.40. The second-order valence-corrected chi connectivity index (χ2v) is 7.49. The van der Waals surface area contributed by atoms with Crippen LogP contribution in [0.3, 0.4) is 0 Å². The molecule has 0 aliphatic carbocycles. The molecular weight excluding hydrogens is 490 g/mol. The molecule has 0 radical (unpaired) electrons. The van der Waals surface area contributed by atoms with E-state index in [1.54, 1.807) is 6.07 Å². The van der Waals surface area contributed by atoms with Crippen molar-refractivity contribution in [2.24, 2.45) is 5.10 Å². The zero-order valence-corrected chi connectivity index (χ0v) is 18.0. The van der Waals surface area contributed by atoms with E-state index in [2.05, 4.69) is 47.7 Å². The number of carbonyl (C=O) groups excluding carboxylic acids is 1. The van der Waals surface area contributed by atoms with Gasteiger partial charge in [-0.1, -0.05) is 30.3 Å². The first-order valence-corrected chi connectivity index (χ1v) is 9.87. The summed E-state index contributed by atoms with van der Waals surface area (Å²) < 4.78 is 6.39. The van der Waals surface area contributed by atoms with Gasteiger partial charge in [-0.2, -0.15) is 5.10 Å². The summed E-state index contributed by atoms with van der Waals surface area (Å²) >= 11 is 6.73. The number of phenols is 1. The van der Waals surface area contributed by atoms with Gasteiger partial charge in [0.2, 0.25) is 0 Å². The van der Waals surface area contributed by atoms with Crippen molar-refractivity contribution in [3.8, 4) is 11.5 Å². The monoisotopic (exact) mass is 505 g/mol. The molecule has 0 bridgehead atoms. The number of nitrogens with zero attached hydrogens (tertiary/aromatic N) is 1. The number of ether oxygens (including phenoxy) is 1. The summed E-state index contributed by atoms with van der Waals surface area (Å²) in [6, 6.07) is 15.5. The maximum absolute atomic E-state index is 12.0. The minimum atomic E-state index is -0.318. The summed E-state index contributed by atoms with van der Waals surface area (Å²) in [7, 11) is 1.45. The summed E-state index contributed by atoms with van der Waals surface area (Å²) in [6.45, 7) is 0.0602. The highest BCUT2D eigenvalue weighted by atomic mass is 79.9. The summed E-state index contributed by atoms with van der Waals surface area (Å²) in [5.74, 6) is -0.104. The van der Waals surface area contributed by atoms with E-state index < -0.39 is 0 Å². The number of benzene rings is 3. The zero-order chi connectivity index (χ0) is 20.1. The predicted octanol–water partition coefficient (Wildman–Crippen LogP) is 4.64. The molecule has 144 valence electrons. The van der Waals surface area contributed by atoms with Crippen molar-refractivity contribution < 1.29 is 14.6 Å². The number of rotatable bonds is 6. The van der Waals surface area contributed by atoms with Crippen LogP contribution < -0.4 is 15.5 Å². The number of hydrogen-bond acceptors (Lipinski definition) is 5. The van der Waals surface area contributed by atoms with Gasteiger partial charge in [-0.3, -0.25) is 4.79 Å². The lowest BCUT2D eigenvalue weighted by molar-refractivity contribution is -0.119. The number of hydrazone groups is 1. The molecule has 3 aromatic carbocycles. The Kier molecular flexibility index (Phi) is 6.53. The molecule has 3 N–H and O–H groups in total. The smallest absolute Gasteiger partial charge is 0.259 e. The molecule has 8 heteroatoms. The van der Waals surface area contributed by atoms with Crippen molar-refractivity contribution in [2.75, 3.05) is 19.0 Å². The van der Waals surface area contributed by atoms with Crippen LogP contribution in [0.5, 0.6) is 11.5 Å². The molecule has 3 rings (SSSR count). The van der Waals surface area contributed by atoms with Gasteiger partial charge in [-0.25, -0.2) is 5.43 Å². The van der Waals surface area contributed by atoms with Crippen LogP contribution in [0.4, 0.5) is 5.69 Å². The standard InChI is InChI=1S/C20H17Br2N3O3/c1-28-17-9-16(21)19(22)15(20(17)27)10-24-25-18(26)11-23-14-7-6-12-4-2-3-5-13(12)8-14/h2-10,23,27H,11H2,1H3,(H,25,26). The van der Waals surface area contributed by atoms with E-state index in [0.29, 0.717) is 20.3 Å². The summed E-state index contributed by atoms with van der Waals surface area (Å²) in [4.78, 5) is 12.0. The maximum Gasteiger partial charge on any atom is 0.259 e. The Balaban J connectivity index is 1.62. The van der Waals surface area contributed by atoms with Gasteiger partial charge in [0.05, 0.1) is 25.4 Å². The van der Waals surface area contributed by atoms with Crippen molar-refractivity contribution in [2.45, 2.75) is 0 Å². The number of carbonyl (C=O) groups is 1. The molecule has 0 aliphatic rings. The molecule has 0 heterocycles. The topological polar surface area (TPSA) is 83.0 Å². The van der Waals surface area contributed by atoms with Crippen LogP contribution in [0.1, 0.15) is 5.56 Å². The average Bonchev–Trinajstić information content (AvgIpc) is 2.71. The van der Waals surface area contributed by atoms with Gasteiger partial charge in [0.15, 0.2) is 11.5 Å². The lowest BCUT2D eigenvalue weighted by atomic mass is 10.1. The van der Waals surface area contributed by atoms with Gasteiger partial charge in [0.25, 0.3) is 5.91 Å². The second-order valence-electron chi connectivity index (χ2n) is 5.85. The highest BCUT2D eigenvalue weighted by Gasteiger charge is 2.14. The Morgan fingerprint density at radius 3 is 2.68 bits per heavy atom. The van der Waals surface area contributed by atoms with Crippen LogP contribution in [0.15, 0.2) is 62.6 Å². The molecule has 0 spiro atoms. The number of hydrogen-bond donors (Lipinski definition) is 3. The van der Waals surface area contributed by atoms with E-state index in [1.807, 2.05) is 42.5 Å². The van der Waals surface area contributed by atoms with Crippen molar-refractivity contribution >= 4 is 60.4 Å². The molecule has 28 heavy (non-hydrogen) atoms. The van der Waals surface area contributed by atoms with Crippen molar-refractivity contribution in [1.82, 2.24) is 5.43 Å². The van der Waals surface area contributed by atoms with Crippen LogP contribution in [0.2, 0.25) is 0 Å². The molecule has 0 aromatic heterocycles. The lowest BCUT2D eigenvalue weighted by Gasteiger charge is -2.10. The molecule has 3 aromatic rings. The number of fused-ring (bicyclic) bond motifs is 1. The quantitative estimate of drug-likeness (QED) is 0.336. The minimum absolute atomic E-state index is 0.0602. The number of phenolic OH excluding ortho intramolecular Hbond substituents is 1. The van der Waals surface area contributed by atoms with Crippen LogP contribution >= 0.6 is 31.9 Å². The Morgan fingerprint density at radius 2 is 1.93 bits per heavy atom. The molecular formula is C20H17Br2N3O3. The second kappa shape index (κ2) is 9.07. The molecule has 0 unspecified atom stereocenters. The van der Waals surface area contributed by atoms with E-state index in [4.69, 9.17) is 4.74 Å². The third-order valence-corrected chi connectivity index (χ3v) is 6.01. The number of nitrogens with one attached hydrogen (secondary N) is 2. The first kappa shape index (κ1) is 20.2. The molecule has 1 amide bonds. The van der Waals surface area contributed by atoms with E-state index >= 15 is 0 Å². The van der Waals surface area contributed by atoms with E-state index in [-0.39, 0.29) is 18.2 Å². The third-order valence-electron chi connectivity index (χ3n) is 4.00. The number of methoxy groups -OCH3 is 1. The van der Waals surface area contributed by atoms with Crippen LogP contribution in [-0.4, -0.2) is 30.9 Å². The molecule has 0 aliphatic heterocycles. The molecule has 0 fully saturated rings. The Labute approximate surface area is 178 Å². The van der Waals surface area contributed by atoms with Crippen LogP contribution in [0, 0.1) is 0 Å². The van der Waals surface area contributed by atoms with Gasteiger partial charge >= 0.3 is 0 Å². The maximum atomic E-state index is 12.0. The fraction of sp³-hybridized carbons (Fsp3) is 0.100. The predicted molar refractivity (Wildman–Crippen MR) is 118 cm³/mol. The Hall–Kier alpha value is -2.58. The van der Waals surface area contributed by atoms with E-state index in [9.17, 15) is 9.90 Å². The first-order chi connectivity index (χ1) is 13.5. The molecule has 0 saturated carbocycles. The zero-order valence-electron chi connectivity index (χ0n) is 14.9. The van der Waals surface area contributed by atoms with Gasteiger partial charge in [0.1, 0.15) is 0 Å². The number of aromatic hydroxyl groups is 1. The van der Waals surface area contributed by atoms with Crippen molar-refractivity contribution in [3.05, 3.63) is 63.0 Å². The summed E-state index contributed by atoms with van der Waals surface area (Å²) in [5, 5.41) is 19.4. The Morgan fingerprint density at radius 1 is 1.18 bits per heavy atom. The van der Waals surface area contributed by atoms with Gasteiger partial charge in [0, 0.05) is 14.6 Å². The Bertz CT molecular complexity index is 1050. The summed E-state index contributed by atoms with van der Waals surface area (Å²) in [6.07, 6.45) is 1.35. The van der Waals surface area contributed by atoms with E-state index in [0.717, 1.165) is 16.5 Å². The summed E-state index contributed by atoms with van der Waals surface area (Å²) in [5.41, 5.74) is 3.66. The third kappa shape index (κ3) is 4.63. The number of amides is 1. The molecule has 0 saturated heterocycles. The first-order valence-electron chi connectivity index (χ1n) is 8.29. The molecule has 6 nitrogen and oxygen atoms in total. The largest absolute Gasteiger partial charge is 0.504 e. The van der Waals surface area contributed by atoms with Crippen LogP contribution in [-0.2, 0) is 4.79 Å². The SMILES string of the molecule is COc1cc(Br)c(Br)c(C=NNC(=O)CNc2ccc3ccccc3c2)c1O. The van der Waals surface area contributed by atoms with Gasteiger partial charge in [-0.15, -0.1) is 0 Å². The minimum Gasteiger partial charge on any atom is -0.504 e. The highest BCUT2D eigenvalue weighted by Crippen LogP contribution is 2.39. The van der Waals surface area contributed by atoms with Gasteiger partial charge < -0.3 is 15.2 Å². The number of anilines is 1. The van der Waals surface area contributed by atoms with Crippen molar-refractivity contribution in [3.63, 3.8) is 0 Å². The van der Waals surface area contributed by atoms with Gasteiger partial charge in [-0.05, 0) is 60.8 Å². The fourth-order valence-electron chi connectivity index (χ4n) is 2.58. The lowest BCUT2D eigenvalue weighted by Crippen LogP contribution is -2.25. The average molecular weight is 507 g/mol. The van der Waals surface area contributed by atoms with E-state index in [1.165, 1.54) is 13.3 Å². The van der Waals surface area contributed by atoms with Crippen LogP contribution in [0.25, 0.3) is 10.8 Å². The normalized spacial score (nSPS) is 11.0. The molecule has 0 atom stereocenters. The highest BCUT2D eigenvalue weighted by molar-refractivity contribution is 9.13.